The van der Waals surface area contributed by atoms with Crippen LogP contribution in [0.5, 0.6) is 0 Å². The molecule has 98 valence electrons. The van der Waals surface area contributed by atoms with Crippen molar-refractivity contribution in [3.8, 4) is 24.0 Å². The van der Waals surface area contributed by atoms with Crippen LogP contribution >= 0.6 is 0 Å². The predicted octanol–water partition coefficient (Wildman–Crippen LogP) is 2.74. The minimum Gasteiger partial charge on any atom is -0.258 e. The summed E-state index contributed by atoms with van der Waals surface area (Å²) >= 11 is 0. The van der Waals surface area contributed by atoms with Gasteiger partial charge in [-0.05, 0) is 30.3 Å². The van der Waals surface area contributed by atoms with Crippen molar-refractivity contribution in [2.75, 3.05) is 0 Å². The van der Waals surface area contributed by atoms with Crippen molar-refractivity contribution in [1.82, 2.24) is 0 Å². The topological polar surface area (TPSA) is 90.7 Å². The molecular weight excluding hydrogens is 266 g/mol. The molecule has 0 amide bonds. The Hall–Kier alpha value is -3.62. The summed E-state index contributed by atoms with van der Waals surface area (Å²) in [5, 5.41) is 28.3. The van der Waals surface area contributed by atoms with Crippen molar-refractivity contribution in [2.45, 2.75) is 0 Å². The van der Waals surface area contributed by atoms with Crippen LogP contribution in [0.15, 0.2) is 42.5 Å². The second-order valence-corrected chi connectivity index (χ2v) is 4.04. The molecule has 0 atom stereocenters. The number of hydrogen-bond acceptors (Lipinski definition) is 4. The van der Waals surface area contributed by atoms with Crippen molar-refractivity contribution in [2.24, 2.45) is 0 Å². The maximum absolute atomic E-state index is 10.5. The molecule has 2 aromatic rings. The second-order valence-electron chi connectivity index (χ2n) is 4.04. The average molecular weight is 273 g/mol. The molecule has 2 rings (SSSR count). The van der Waals surface area contributed by atoms with Gasteiger partial charge < -0.3 is 0 Å². The van der Waals surface area contributed by atoms with Gasteiger partial charge in [-0.15, -0.1) is 0 Å². The normalized spacial score (nSPS) is 8.86. The number of nitriles is 2. The van der Waals surface area contributed by atoms with Gasteiger partial charge in [-0.2, -0.15) is 10.5 Å². The summed E-state index contributed by atoms with van der Waals surface area (Å²) in [4.78, 5) is 10.1. The number of nitrogens with zero attached hydrogens (tertiary/aromatic N) is 3. The summed E-state index contributed by atoms with van der Waals surface area (Å²) < 4.78 is 0. The molecular formula is C16H7N3O2. The fraction of sp³-hybridized carbons (Fsp3) is 0. The van der Waals surface area contributed by atoms with E-state index in [1.54, 1.807) is 24.3 Å². The molecule has 5 heteroatoms. The minimum absolute atomic E-state index is 0.00527. The molecule has 0 fully saturated rings. The summed E-state index contributed by atoms with van der Waals surface area (Å²) in [6.45, 7) is 0. The highest BCUT2D eigenvalue weighted by molar-refractivity contribution is 5.52. The molecule has 5 nitrogen and oxygen atoms in total. The molecule has 0 unspecified atom stereocenters. The van der Waals surface area contributed by atoms with Crippen molar-refractivity contribution < 1.29 is 4.92 Å². The van der Waals surface area contributed by atoms with Gasteiger partial charge in [0.15, 0.2) is 0 Å². The fourth-order valence-corrected chi connectivity index (χ4v) is 1.62. The van der Waals surface area contributed by atoms with Crippen LogP contribution in [0.3, 0.4) is 0 Å². The molecule has 0 spiro atoms. The number of nitro groups is 1. The first-order valence-electron chi connectivity index (χ1n) is 5.85. The quantitative estimate of drug-likeness (QED) is 0.453. The van der Waals surface area contributed by atoms with Crippen molar-refractivity contribution in [3.63, 3.8) is 0 Å². The van der Waals surface area contributed by atoms with E-state index in [9.17, 15) is 10.1 Å². The molecule has 0 radical (unpaired) electrons. The van der Waals surface area contributed by atoms with Crippen molar-refractivity contribution in [3.05, 3.63) is 74.8 Å². The van der Waals surface area contributed by atoms with Gasteiger partial charge in [0.05, 0.1) is 16.1 Å². The molecule has 2 aromatic carbocycles. The first kappa shape index (κ1) is 13.8. The first-order chi connectivity index (χ1) is 10.1. The Balaban J connectivity index is 2.29. The molecule has 0 saturated heterocycles. The lowest BCUT2D eigenvalue weighted by Crippen LogP contribution is -1.87. The van der Waals surface area contributed by atoms with Crippen molar-refractivity contribution in [1.29, 1.82) is 10.5 Å². The van der Waals surface area contributed by atoms with Gasteiger partial charge in [0, 0.05) is 23.3 Å². The van der Waals surface area contributed by atoms with Crippen LogP contribution in [0.2, 0.25) is 0 Å². The van der Waals surface area contributed by atoms with Crippen LogP contribution < -0.4 is 0 Å². The maximum Gasteiger partial charge on any atom is 0.269 e. The number of hydrogen-bond donors (Lipinski definition) is 0. The van der Waals surface area contributed by atoms with E-state index in [4.69, 9.17) is 10.5 Å². The third kappa shape index (κ3) is 3.23. The summed E-state index contributed by atoms with van der Waals surface area (Å²) in [5.74, 6) is 5.71. The molecule has 0 N–H and O–H groups in total. The number of non-ortho nitro benzene ring substituents is 1. The van der Waals surface area contributed by atoms with E-state index in [1.807, 2.05) is 12.1 Å². The maximum atomic E-state index is 10.5. The van der Waals surface area contributed by atoms with Gasteiger partial charge in [0.2, 0.25) is 0 Å². The van der Waals surface area contributed by atoms with Crippen LogP contribution in [-0.2, 0) is 0 Å². The molecule has 0 heterocycles. The van der Waals surface area contributed by atoms with E-state index < -0.39 is 4.92 Å². The van der Waals surface area contributed by atoms with Gasteiger partial charge in [0.1, 0.15) is 12.1 Å². The smallest absolute Gasteiger partial charge is 0.258 e. The van der Waals surface area contributed by atoms with E-state index in [1.165, 1.54) is 18.2 Å². The largest absolute Gasteiger partial charge is 0.269 e. The average Bonchev–Trinajstić information content (AvgIpc) is 2.52. The lowest BCUT2D eigenvalue weighted by Gasteiger charge is -1.95. The van der Waals surface area contributed by atoms with Crippen molar-refractivity contribution >= 4 is 5.69 Å². The monoisotopic (exact) mass is 273 g/mol. The van der Waals surface area contributed by atoms with Crippen LogP contribution in [0.1, 0.15) is 22.3 Å². The lowest BCUT2D eigenvalue weighted by atomic mass is 10.1. The molecule has 0 aliphatic heterocycles. The van der Waals surface area contributed by atoms with Crippen LogP contribution in [0.4, 0.5) is 5.69 Å². The zero-order valence-corrected chi connectivity index (χ0v) is 10.7. The highest BCUT2D eigenvalue weighted by atomic mass is 16.6. The van der Waals surface area contributed by atoms with E-state index in [-0.39, 0.29) is 11.3 Å². The van der Waals surface area contributed by atoms with Crippen LogP contribution in [0.25, 0.3) is 0 Å². The first-order valence-corrected chi connectivity index (χ1v) is 5.85. The van der Waals surface area contributed by atoms with Gasteiger partial charge in [0.25, 0.3) is 5.69 Å². The number of rotatable bonds is 1. The molecule has 0 aromatic heterocycles. The van der Waals surface area contributed by atoms with E-state index in [0.717, 1.165) is 0 Å². The Morgan fingerprint density at radius 1 is 0.857 bits per heavy atom. The minimum atomic E-state index is -0.475. The molecule has 0 aliphatic rings. The Morgan fingerprint density at radius 2 is 1.43 bits per heavy atom. The van der Waals surface area contributed by atoms with E-state index in [0.29, 0.717) is 16.7 Å². The Kier molecular flexibility index (Phi) is 3.95. The Labute approximate surface area is 120 Å². The number of nitro benzene ring substituents is 1. The van der Waals surface area contributed by atoms with Gasteiger partial charge in [-0.1, -0.05) is 11.8 Å². The van der Waals surface area contributed by atoms with E-state index >= 15 is 0 Å². The van der Waals surface area contributed by atoms with Gasteiger partial charge in [-0.25, -0.2) is 0 Å². The summed E-state index contributed by atoms with van der Waals surface area (Å²) in [6.07, 6.45) is 0. The zero-order chi connectivity index (χ0) is 15.2. The van der Waals surface area contributed by atoms with Crippen LogP contribution in [0, 0.1) is 44.6 Å². The highest BCUT2D eigenvalue weighted by Gasteiger charge is 2.03. The fourth-order valence-electron chi connectivity index (χ4n) is 1.62. The Bertz CT molecular complexity index is 844. The molecule has 0 saturated carbocycles. The third-order valence-corrected chi connectivity index (χ3v) is 2.69. The lowest BCUT2D eigenvalue weighted by molar-refractivity contribution is -0.384. The Morgan fingerprint density at radius 3 is 2.00 bits per heavy atom. The third-order valence-electron chi connectivity index (χ3n) is 2.69. The summed E-state index contributed by atoms with van der Waals surface area (Å²) in [5.41, 5.74) is 1.81. The summed E-state index contributed by atoms with van der Waals surface area (Å²) in [7, 11) is 0. The highest BCUT2D eigenvalue weighted by Crippen LogP contribution is 2.12. The second kappa shape index (κ2) is 6.02. The van der Waals surface area contributed by atoms with Crippen LogP contribution in [-0.4, -0.2) is 4.92 Å². The van der Waals surface area contributed by atoms with E-state index in [2.05, 4.69) is 11.8 Å². The molecule has 0 aliphatic carbocycles. The summed E-state index contributed by atoms with van der Waals surface area (Å²) in [6, 6.07) is 14.5. The van der Waals surface area contributed by atoms with Gasteiger partial charge in [-0.3, -0.25) is 10.1 Å². The zero-order valence-electron chi connectivity index (χ0n) is 10.7. The number of benzene rings is 2. The molecule has 0 bridgehead atoms. The SMILES string of the molecule is N#Cc1ccc(C#Cc2ccc([N+](=O)[O-])cc2)cc1C#N. The predicted molar refractivity (Wildman–Crippen MR) is 74.9 cm³/mol. The molecule has 21 heavy (non-hydrogen) atoms. The van der Waals surface area contributed by atoms with Gasteiger partial charge >= 0.3 is 0 Å². The standard InChI is InChI=1S/C16H7N3O2/c17-10-14-6-3-13(9-15(14)11-18)2-1-12-4-7-16(8-5-12)19(20)21/h3-9H.